The molecule has 29 valence electrons. The predicted molar refractivity (Wildman–Crippen MR) is 9.94 cm³/mol. The molecule has 0 saturated heterocycles. The first kappa shape index (κ1) is 33.5. The van der Waals surface area contributed by atoms with Crippen molar-refractivity contribution >= 4 is 8.41 Å². The molecule has 0 amide bonds. The molecule has 0 fully saturated rings. The van der Waals surface area contributed by atoms with Crippen LogP contribution in [0.2, 0.25) is 0 Å². The van der Waals surface area contributed by atoms with Crippen LogP contribution in [0.5, 0.6) is 0 Å². The first-order valence-corrected chi connectivity index (χ1v) is 0. The predicted octanol–water partition coefficient (Wildman–Crippen LogP) is -1.19. The summed E-state index contributed by atoms with van der Waals surface area (Å²) >= 11 is 0. The fourth-order valence-electron chi connectivity index (χ4n) is 0. The SMILES string of the molecule is B.[Fe].[Gd].[Nd].[Pr]. The van der Waals surface area contributed by atoms with Crippen LogP contribution in [0.25, 0.3) is 0 Å². The quantitative estimate of drug-likeness (QED) is 0.359. The second kappa shape index (κ2) is 23.4. The Morgan fingerprint density at radius 2 is 1.00 bits per heavy atom. The second-order valence-electron chi connectivity index (χ2n) is 0. The average Bonchev–Trinajstić information content (AvgIpc) is 0. The van der Waals surface area contributed by atoms with Crippen molar-refractivity contribution in [2.45, 2.75) is 0 Å². The van der Waals surface area contributed by atoms with E-state index in [0.29, 0.717) is 0 Å². The van der Waals surface area contributed by atoms with Crippen LogP contribution in [0, 0.1) is 122 Å². The molecule has 1 radical (unpaired) electrons. The smallest absolute Gasteiger partial charge is 0 e. The molecule has 0 saturated carbocycles. The van der Waals surface area contributed by atoms with Gasteiger partial charge in [-0.25, -0.2) is 0 Å². The third-order valence-electron chi connectivity index (χ3n) is 0. The zero-order chi connectivity index (χ0) is 0. The zero-order valence-corrected chi connectivity index (χ0v) is 12.1. The maximum atomic E-state index is 0. The minimum absolute atomic E-state index is 0. The number of rotatable bonds is 0. The summed E-state index contributed by atoms with van der Waals surface area (Å²) in [6.07, 6.45) is 0. The normalized spacial score (nSPS) is 0. The molecular weight excluding hydrogens is 509 g/mol. The minimum Gasteiger partial charge on any atom is 0 e. The summed E-state index contributed by atoms with van der Waals surface area (Å²) in [5, 5.41) is 0. The van der Waals surface area contributed by atoms with Crippen LogP contribution in [0.3, 0.4) is 0 Å². The summed E-state index contributed by atoms with van der Waals surface area (Å²) in [5.41, 5.74) is 0. The topological polar surface area (TPSA) is 0 Å². The van der Waals surface area contributed by atoms with E-state index in [1.165, 1.54) is 0 Å². The maximum absolute atomic E-state index is 0. The molecule has 0 spiro atoms. The molecule has 0 atom stereocenters. The summed E-state index contributed by atoms with van der Waals surface area (Å²) in [5.74, 6) is 0. The molecule has 5 heavy (non-hydrogen) atoms. The van der Waals surface area contributed by atoms with E-state index in [1.807, 2.05) is 0 Å². The van der Waals surface area contributed by atoms with E-state index in [1.54, 1.807) is 0 Å². The van der Waals surface area contributed by atoms with Gasteiger partial charge in [-0.15, -0.1) is 0 Å². The number of hydrogen-bond donors (Lipinski definition) is 0. The van der Waals surface area contributed by atoms with Crippen molar-refractivity contribution in [1.82, 2.24) is 0 Å². The van der Waals surface area contributed by atoms with Crippen LogP contribution in [-0.4, -0.2) is 8.41 Å². The summed E-state index contributed by atoms with van der Waals surface area (Å²) in [7, 11) is 0. The van der Waals surface area contributed by atoms with Gasteiger partial charge in [0.25, 0.3) is 0 Å². The molecular formula is H3BFeGdNdPr. The van der Waals surface area contributed by atoms with Gasteiger partial charge in [0.1, 0.15) is 0 Å². The third kappa shape index (κ3) is 17.7. The van der Waals surface area contributed by atoms with Gasteiger partial charge in [-0.3, -0.25) is 0 Å². The van der Waals surface area contributed by atoms with Crippen LogP contribution in [0.15, 0.2) is 0 Å². The van der Waals surface area contributed by atoms with Crippen molar-refractivity contribution in [3.05, 3.63) is 0 Å². The Hall–Kier alpha value is 4.62. The molecule has 0 nitrogen and oxygen atoms in total. The summed E-state index contributed by atoms with van der Waals surface area (Å²) in [4.78, 5) is 0. The van der Waals surface area contributed by atoms with Gasteiger partial charge in [0, 0.05) is 139 Å². The molecule has 0 N–H and O–H groups in total. The molecule has 0 unspecified atom stereocenters. The van der Waals surface area contributed by atoms with Crippen LogP contribution >= 0.6 is 0 Å². The molecule has 0 bridgehead atoms. The molecule has 0 heterocycles. The van der Waals surface area contributed by atoms with Crippen LogP contribution < -0.4 is 0 Å². The van der Waals surface area contributed by atoms with E-state index >= 15 is 0 Å². The van der Waals surface area contributed by atoms with Gasteiger partial charge < -0.3 is 0 Å². The molecule has 0 aromatic rings. The van der Waals surface area contributed by atoms with Gasteiger partial charge in [0.05, 0.1) is 8.41 Å². The molecule has 0 aliphatic heterocycles. The Bertz CT molecular complexity index is 11.6. The third-order valence-corrected chi connectivity index (χ3v) is 0. The van der Waals surface area contributed by atoms with Crippen LogP contribution in [0.4, 0.5) is 0 Å². The van der Waals surface area contributed by atoms with Crippen molar-refractivity contribution in [2.24, 2.45) is 0 Å². The molecule has 0 rings (SSSR count). The molecule has 0 aromatic heterocycles. The Labute approximate surface area is 143 Å². The van der Waals surface area contributed by atoms with Gasteiger partial charge in [0.15, 0.2) is 0 Å². The first-order valence-electron chi connectivity index (χ1n) is 0. The fourth-order valence-corrected chi connectivity index (χ4v) is 0. The second-order valence-corrected chi connectivity index (χ2v) is 0. The van der Waals surface area contributed by atoms with Crippen molar-refractivity contribution in [1.29, 1.82) is 0 Å². The number of hydrogen-bond acceptors (Lipinski definition) is 0. The van der Waals surface area contributed by atoms with E-state index in [9.17, 15) is 0 Å². The van der Waals surface area contributed by atoms with Gasteiger partial charge in [-0.1, -0.05) is 0 Å². The van der Waals surface area contributed by atoms with Crippen LogP contribution in [-0.2, 0) is 17.1 Å². The maximum Gasteiger partial charge on any atom is 0.0814 e. The average molecular weight is 512 g/mol. The standard InChI is InChI=1S/BH3.Fe.Gd.Nd.Pr/h1H3;;;;. The summed E-state index contributed by atoms with van der Waals surface area (Å²) in [6.45, 7) is 0. The van der Waals surface area contributed by atoms with E-state index in [0.717, 1.165) is 0 Å². The van der Waals surface area contributed by atoms with E-state index in [-0.39, 0.29) is 148 Å². The molecule has 0 aliphatic carbocycles. The summed E-state index contributed by atoms with van der Waals surface area (Å²) < 4.78 is 0. The van der Waals surface area contributed by atoms with Crippen molar-refractivity contribution in [2.75, 3.05) is 0 Å². The minimum atomic E-state index is 0. The summed E-state index contributed by atoms with van der Waals surface area (Å²) in [6, 6.07) is 0. The van der Waals surface area contributed by atoms with Gasteiger partial charge >= 0.3 is 0 Å². The molecule has 0 aliphatic rings. The molecule has 0 aromatic carbocycles. The van der Waals surface area contributed by atoms with Crippen LogP contribution in [0.1, 0.15) is 0 Å². The Morgan fingerprint density at radius 3 is 1.00 bits per heavy atom. The van der Waals surface area contributed by atoms with E-state index < -0.39 is 0 Å². The molecule has 5 heteroatoms. The monoisotopic (exact) mass is 511 g/mol. The van der Waals surface area contributed by atoms with Crippen molar-refractivity contribution < 1.29 is 139 Å². The Balaban J connectivity index is 0. The Morgan fingerprint density at radius 1 is 1.00 bits per heavy atom. The van der Waals surface area contributed by atoms with Crippen molar-refractivity contribution in [3.8, 4) is 0 Å². The first-order chi connectivity index (χ1) is 0. The van der Waals surface area contributed by atoms with Gasteiger partial charge in [0.2, 0.25) is 0 Å². The van der Waals surface area contributed by atoms with Gasteiger partial charge in [-0.2, -0.15) is 0 Å². The largest absolute Gasteiger partial charge is 0.0814 e. The van der Waals surface area contributed by atoms with Gasteiger partial charge in [-0.05, 0) is 0 Å². The Kier molecular flexibility index (Phi) is 157. The fraction of sp³-hybridized carbons (Fsp3) is 0. The zero-order valence-electron chi connectivity index (χ0n) is 1.78. The van der Waals surface area contributed by atoms with Crippen molar-refractivity contribution in [3.63, 3.8) is 0 Å². The van der Waals surface area contributed by atoms with E-state index in [2.05, 4.69) is 0 Å². The van der Waals surface area contributed by atoms with E-state index in [4.69, 9.17) is 0 Å².